The van der Waals surface area contributed by atoms with Gasteiger partial charge in [-0.15, -0.1) is 0 Å². The minimum Gasteiger partial charge on any atom is -0.451 e. The number of benzene rings is 4. The molecule has 0 saturated carbocycles. The summed E-state index contributed by atoms with van der Waals surface area (Å²) in [5.41, 5.74) is 3.75. The van der Waals surface area contributed by atoms with E-state index in [0.29, 0.717) is 27.9 Å². The van der Waals surface area contributed by atoms with Gasteiger partial charge in [-0.3, -0.25) is 10.1 Å². The first-order valence-electron chi connectivity index (χ1n) is 11.4. The van der Waals surface area contributed by atoms with Crippen LogP contribution in [0.5, 0.6) is 0 Å². The molecule has 6 aromatic rings. The Morgan fingerprint density at radius 1 is 0.838 bits per heavy atom. The average molecular weight is 524 g/mol. The molecule has 4 aromatic carbocycles. The molecule has 0 unspecified atom stereocenters. The van der Waals surface area contributed by atoms with Gasteiger partial charge in [0.1, 0.15) is 11.3 Å². The number of fused-ring (bicyclic) bond motifs is 3. The van der Waals surface area contributed by atoms with Gasteiger partial charge in [0.25, 0.3) is 5.91 Å². The van der Waals surface area contributed by atoms with Crippen LogP contribution in [0.2, 0.25) is 5.02 Å². The molecule has 2 heterocycles. The Morgan fingerprint density at radius 2 is 1.68 bits per heavy atom. The van der Waals surface area contributed by atoms with Gasteiger partial charge in [-0.25, -0.2) is 4.98 Å². The van der Waals surface area contributed by atoms with Crippen molar-refractivity contribution in [2.24, 2.45) is 0 Å². The van der Waals surface area contributed by atoms with E-state index in [1.54, 1.807) is 24.3 Å². The number of carbonyl (C=O) groups is 1. The van der Waals surface area contributed by atoms with Gasteiger partial charge in [-0.2, -0.15) is 0 Å². The Bertz CT molecular complexity index is 1810. The van der Waals surface area contributed by atoms with Gasteiger partial charge in [0.2, 0.25) is 5.89 Å². The van der Waals surface area contributed by atoms with E-state index in [4.69, 9.17) is 37.6 Å². The Balaban J connectivity index is 1.17. The van der Waals surface area contributed by atoms with Gasteiger partial charge in [0, 0.05) is 27.2 Å². The number of thiocarbonyl (C=S) groups is 1. The number of carbonyl (C=O) groups excluding carboxylic acids is 1. The third-order valence-corrected chi connectivity index (χ3v) is 6.26. The molecule has 0 radical (unpaired) electrons. The predicted molar refractivity (Wildman–Crippen MR) is 150 cm³/mol. The summed E-state index contributed by atoms with van der Waals surface area (Å²) >= 11 is 11.4. The molecule has 0 saturated heterocycles. The van der Waals surface area contributed by atoms with E-state index in [1.165, 1.54) is 0 Å². The first-order valence-corrected chi connectivity index (χ1v) is 12.2. The van der Waals surface area contributed by atoms with E-state index in [0.717, 1.165) is 27.4 Å². The van der Waals surface area contributed by atoms with Crippen LogP contribution in [0.25, 0.3) is 44.7 Å². The fourth-order valence-corrected chi connectivity index (χ4v) is 4.50. The highest BCUT2D eigenvalue weighted by Gasteiger charge is 2.15. The standard InChI is InChI=1S/C29H18ClN3O3S/c30-20-8-3-6-18(15-20)23-13-14-25(35-23)27(34)33-29(37)31-21-9-4-7-19(16-21)28-32-26-22-10-2-1-5-17(22)11-12-24(26)36-28/h1-16H,(H2,31,33,34,37). The quantitative estimate of drug-likeness (QED) is 0.230. The summed E-state index contributed by atoms with van der Waals surface area (Å²) in [6, 6.07) is 30.0. The lowest BCUT2D eigenvalue weighted by Crippen LogP contribution is -2.33. The fraction of sp³-hybridized carbons (Fsp3) is 0. The molecule has 2 N–H and O–H groups in total. The number of aromatic nitrogens is 1. The Hall–Kier alpha value is -4.46. The number of oxazole rings is 1. The van der Waals surface area contributed by atoms with E-state index in [-0.39, 0.29) is 10.9 Å². The molecule has 0 aliphatic heterocycles. The number of nitrogens with one attached hydrogen (secondary N) is 2. The molecule has 0 aliphatic carbocycles. The molecular formula is C29H18ClN3O3S. The van der Waals surface area contributed by atoms with E-state index in [2.05, 4.69) is 10.6 Å². The van der Waals surface area contributed by atoms with Gasteiger partial charge in [-0.05, 0) is 66.1 Å². The molecular weight excluding hydrogens is 506 g/mol. The average Bonchev–Trinajstić information content (AvgIpc) is 3.57. The maximum atomic E-state index is 12.7. The molecule has 37 heavy (non-hydrogen) atoms. The van der Waals surface area contributed by atoms with E-state index >= 15 is 0 Å². The molecule has 6 nitrogen and oxygen atoms in total. The van der Waals surface area contributed by atoms with Crippen LogP contribution in [-0.2, 0) is 0 Å². The van der Waals surface area contributed by atoms with Crippen molar-refractivity contribution >= 4 is 62.4 Å². The maximum absolute atomic E-state index is 12.7. The fourth-order valence-electron chi connectivity index (χ4n) is 4.10. The highest BCUT2D eigenvalue weighted by atomic mass is 35.5. The van der Waals surface area contributed by atoms with Crippen molar-refractivity contribution in [3.63, 3.8) is 0 Å². The molecule has 180 valence electrons. The Kier molecular flexibility index (Phi) is 5.92. The van der Waals surface area contributed by atoms with E-state index in [1.807, 2.05) is 72.8 Å². The first-order chi connectivity index (χ1) is 18.0. The smallest absolute Gasteiger partial charge is 0.293 e. The number of amides is 1. The second kappa shape index (κ2) is 9.54. The second-order valence-electron chi connectivity index (χ2n) is 8.32. The molecule has 0 atom stereocenters. The van der Waals surface area contributed by atoms with Crippen molar-refractivity contribution in [3.8, 4) is 22.8 Å². The number of hydrogen-bond acceptors (Lipinski definition) is 5. The van der Waals surface area contributed by atoms with Crippen molar-refractivity contribution in [2.45, 2.75) is 0 Å². The van der Waals surface area contributed by atoms with Crippen molar-refractivity contribution in [3.05, 3.63) is 108 Å². The van der Waals surface area contributed by atoms with Gasteiger partial charge < -0.3 is 14.2 Å². The molecule has 1 amide bonds. The number of furan rings is 1. The zero-order valence-electron chi connectivity index (χ0n) is 19.2. The Morgan fingerprint density at radius 3 is 2.57 bits per heavy atom. The number of rotatable bonds is 4. The molecule has 0 fully saturated rings. The Labute approximate surface area is 221 Å². The van der Waals surface area contributed by atoms with E-state index in [9.17, 15) is 4.79 Å². The molecule has 6 rings (SSSR count). The highest BCUT2D eigenvalue weighted by molar-refractivity contribution is 7.80. The monoisotopic (exact) mass is 523 g/mol. The third kappa shape index (κ3) is 4.70. The summed E-state index contributed by atoms with van der Waals surface area (Å²) in [5, 5.41) is 8.52. The molecule has 0 spiro atoms. The second-order valence-corrected chi connectivity index (χ2v) is 9.16. The van der Waals surface area contributed by atoms with E-state index < -0.39 is 5.91 Å². The molecule has 0 bridgehead atoms. The van der Waals surface area contributed by atoms with Gasteiger partial charge in [0.15, 0.2) is 16.5 Å². The summed E-state index contributed by atoms with van der Waals surface area (Å²) < 4.78 is 11.7. The summed E-state index contributed by atoms with van der Waals surface area (Å²) in [4.78, 5) is 17.4. The lowest BCUT2D eigenvalue weighted by molar-refractivity contribution is 0.0951. The number of halogens is 1. The lowest BCUT2D eigenvalue weighted by atomic mass is 10.1. The number of anilines is 1. The number of hydrogen-bond donors (Lipinski definition) is 2. The van der Waals surface area contributed by atoms with Crippen LogP contribution in [0.4, 0.5) is 5.69 Å². The van der Waals surface area contributed by atoms with Crippen LogP contribution in [0.3, 0.4) is 0 Å². The van der Waals surface area contributed by atoms with Crippen LogP contribution >= 0.6 is 23.8 Å². The minimum atomic E-state index is -0.465. The highest BCUT2D eigenvalue weighted by Crippen LogP contribution is 2.30. The molecule has 0 aliphatic rings. The van der Waals surface area contributed by atoms with Gasteiger partial charge in [0.05, 0.1) is 0 Å². The normalized spacial score (nSPS) is 11.1. The zero-order valence-corrected chi connectivity index (χ0v) is 20.8. The molecule has 2 aromatic heterocycles. The summed E-state index contributed by atoms with van der Waals surface area (Å²) in [6.07, 6.45) is 0. The lowest BCUT2D eigenvalue weighted by Gasteiger charge is -2.09. The van der Waals surface area contributed by atoms with Crippen LogP contribution in [-0.4, -0.2) is 16.0 Å². The first kappa shape index (κ1) is 23.0. The van der Waals surface area contributed by atoms with Crippen molar-refractivity contribution in [1.29, 1.82) is 0 Å². The van der Waals surface area contributed by atoms with Crippen LogP contribution in [0, 0.1) is 0 Å². The van der Waals surface area contributed by atoms with Crippen LogP contribution in [0.15, 0.2) is 106 Å². The van der Waals surface area contributed by atoms with Crippen molar-refractivity contribution in [2.75, 3.05) is 5.32 Å². The van der Waals surface area contributed by atoms with Gasteiger partial charge in [-0.1, -0.05) is 60.1 Å². The summed E-state index contributed by atoms with van der Waals surface area (Å²) in [7, 11) is 0. The largest absolute Gasteiger partial charge is 0.451 e. The topological polar surface area (TPSA) is 80.3 Å². The third-order valence-electron chi connectivity index (χ3n) is 5.82. The number of nitrogens with zero attached hydrogens (tertiary/aromatic N) is 1. The molecule has 8 heteroatoms. The van der Waals surface area contributed by atoms with Crippen molar-refractivity contribution < 1.29 is 13.6 Å². The summed E-state index contributed by atoms with van der Waals surface area (Å²) in [5.74, 6) is 0.693. The van der Waals surface area contributed by atoms with Gasteiger partial charge >= 0.3 is 0 Å². The maximum Gasteiger partial charge on any atom is 0.293 e. The SMILES string of the molecule is O=C(NC(=S)Nc1cccc(-c2nc3c(ccc4ccccc43)o2)c1)c1ccc(-c2cccc(Cl)c2)o1. The van der Waals surface area contributed by atoms with Crippen molar-refractivity contribution in [1.82, 2.24) is 10.3 Å². The predicted octanol–water partition coefficient (Wildman–Crippen LogP) is 7.69. The minimum absolute atomic E-state index is 0.131. The van der Waals surface area contributed by atoms with Crippen LogP contribution < -0.4 is 10.6 Å². The van der Waals surface area contributed by atoms with Crippen LogP contribution in [0.1, 0.15) is 10.6 Å². The summed E-state index contributed by atoms with van der Waals surface area (Å²) in [6.45, 7) is 0. The zero-order chi connectivity index (χ0) is 25.4.